The number of rotatable bonds is 6. The summed E-state index contributed by atoms with van der Waals surface area (Å²) in [6.07, 6.45) is -0.0159. The molecule has 186 valence electrons. The van der Waals surface area contributed by atoms with Crippen molar-refractivity contribution in [1.29, 1.82) is 0 Å². The molecule has 0 aliphatic carbocycles. The highest BCUT2D eigenvalue weighted by atomic mass is 16.5. The topological polar surface area (TPSA) is 138 Å². The number of ether oxygens (including phenoxy) is 1. The summed E-state index contributed by atoms with van der Waals surface area (Å²) in [5.74, 6) is -0.274. The lowest BCUT2D eigenvalue weighted by molar-refractivity contribution is -0.151. The van der Waals surface area contributed by atoms with E-state index in [4.69, 9.17) is 10.5 Å². The smallest absolute Gasteiger partial charge is 0.407 e. The highest BCUT2D eigenvalue weighted by Gasteiger charge is 2.44. The first-order valence-electron chi connectivity index (χ1n) is 11.7. The van der Waals surface area contributed by atoms with Gasteiger partial charge in [-0.15, -0.1) is 0 Å². The van der Waals surface area contributed by atoms with Gasteiger partial charge in [0.2, 0.25) is 11.8 Å². The third-order valence-corrected chi connectivity index (χ3v) is 6.67. The average Bonchev–Trinajstić information content (AvgIpc) is 3.27. The summed E-state index contributed by atoms with van der Waals surface area (Å²) >= 11 is 0. The number of carboxylic acid groups (broad SMARTS) is 1. The number of aryl methyl sites for hydroxylation is 1. The largest absolute Gasteiger partial charge is 0.465 e. The van der Waals surface area contributed by atoms with Gasteiger partial charge in [0.1, 0.15) is 17.9 Å². The highest BCUT2D eigenvalue weighted by molar-refractivity contribution is 5.91. The Morgan fingerprint density at radius 2 is 1.91 bits per heavy atom. The highest BCUT2D eigenvalue weighted by Crippen LogP contribution is 2.29. The van der Waals surface area contributed by atoms with Crippen molar-refractivity contribution >= 4 is 23.7 Å². The van der Waals surface area contributed by atoms with Gasteiger partial charge in [0.05, 0.1) is 13.2 Å². The van der Waals surface area contributed by atoms with Crippen LogP contribution in [-0.4, -0.2) is 76.2 Å². The van der Waals surface area contributed by atoms with Crippen molar-refractivity contribution in [1.82, 2.24) is 20.1 Å². The van der Waals surface area contributed by atoms with E-state index in [0.717, 1.165) is 11.1 Å². The van der Waals surface area contributed by atoms with Crippen LogP contribution in [0.3, 0.4) is 0 Å². The minimum absolute atomic E-state index is 0.0248. The molecule has 10 nitrogen and oxygen atoms in total. The van der Waals surface area contributed by atoms with Crippen molar-refractivity contribution in [2.75, 3.05) is 32.0 Å². The lowest BCUT2D eigenvalue weighted by Gasteiger charge is -2.37. The summed E-state index contributed by atoms with van der Waals surface area (Å²) in [5.41, 5.74) is 8.33. The first-order valence-corrected chi connectivity index (χ1v) is 11.7. The molecule has 0 spiro atoms. The number of anilines is 1. The minimum Gasteiger partial charge on any atom is -0.465 e. The van der Waals surface area contributed by atoms with E-state index >= 15 is 0 Å². The maximum absolute atomic E-state index is 13.6. The second-order valence-corrected chi connectivity index (χ2v) is 9.06. The third kappa shape index (κ3) is 5.71. The zero-order valence-corrected chi connectivity index (χ0v) is 19.7. The molecule has 2 aromatic rings. The summed E-state index contributed by atoms with van der Waals surface area (Å²) in [6.45, 7) is 2.91. The van der Waals surface area contributed by atoms with Gasteiger partial charge in [-0.25, -0.2) is 9.78 Å². The standard InChI is InChI=1S/C25H31N5O5/c1-16-19(7-8-22(26)28-16)13-27-23(31)21-15-35-10-9-29(21)24(32)20-12-18(14-30(20)25(33)34)11-17-5-3-2-4-6-17/h2-8,18,20-21H,9-15H2,1H3,(H2,26,28)(H,27,31)(H,33,34)/t18-,20+,21?/m0/s1. The zero-order chi connectivity index (χ0) is 24.9. The predicted octanol–water partition coefficient (Wildman–Crippen LogP) is 1.43. The van der Waals surface area contributed by atoms with Crippen LogP contribution < -0.4 is 11.1 Å². The van der Waals surface area contributed by atoms with Gasteiger partial charge in [-0.1, -0.05) is 36.4 Å². The Morgan fingerprint density at radius 1 is 1.14 bits per heavy atom. The van der Waals surface area contributed by atoms with E-state index < -0.39 is 18.2 Å². The van der Waals surface area contributed by atoms with Crippen LogP contribution in [-0.2, 0) is 27.3 Å². The van der Waals surface area contributed by atoms with Crippen LogP contribution in [0.5, 0.6) is 0 Å². The van der Waals surface area contributed by atoms with E-state index in [0.29, 0.717) is 31.0 Å². The number of benzene rings is 1. The number of nitrogens with two attached hydrogens (primary N) is 1. The first-order chi connectivity index (χ1) is 16.8. The molecule has 2 aliphatic rings. The molecule has 4 rings (SSSR count). The van der Waals surface area contributed by atoms with E-state index in [9.17, 15) is 19.5 Å². The second kappa shape index (κ2) is 10.7. The molecule has 3 amide bonds. The number of morpholine rings is 1. The van der Waals surface area contributed by atoms with Crippen LogP contribution in [0.1, 0.15) is 23.2 Å². The fourth-order valence-electron chi connectivity index (χ4n) is 4.84. The van der Waals surface area contributed by atoms with Crippen molar-refractivity contribution in [3.63, 3.8) is 0 Å². The van der Waals surface area contributed by atoms with Crippen molar-refractivity contribution in [2.24, 2.45) is 5.92 Å². The molecule has 4 N–H and O–H groups in total. The van der Waals surface area contributed by atoms with Gasteiger partial charge in [0.25, 0.3) is 0 Å². The fourth-order valence-corrected chi connectivity index (χ4v) is 4.84. The van der Waals surface area contributed by atoms with Crippen LogP contribution in [0.25, 0.3) is 0 Å². The summed E-state index contributed by atoms with van der Waals surface area (Å²) in [4.78, 5) is 45.4. The molecule has 3 atom stereocenters. The second-order valence-electron chi connectivity index (χ2n) is 9.06. The Labute approximate surface area is 204 Å². The van der Waals surface area contributed by atoms with Crippen molar-refractivity contribution in [2.45, 2.75) is 38.4 Å². The van der Waals surface area contributed by atoms with Crippen molar-refractivity contribution < 1.29 is 24.2 Å². The monoisotopic (exact) mass is 481 g/mol. The van der Waals surface area contributed by atoms with Crippen LogP contribution in [0.2, 0.25) is 0 Å². The fraction of sp³-hybridized carbons (Fsp3) is 0.440. The number of pyridine rings is 1. The normalized spacial score (nSPS) is 22.1. The molecule has 1 aromatic carbocycles. The van der Waals surface area contributed by atoms with Gasteiger partial charge >= 0.3 is 6.09 Å². The van der Waals surface area contributed by atoms with E-state index in [1.165, 1.54) is 9.80 Å². The lowest BCUT2D eigenvalue weighted by Crippen LogP contribution is -2.59. The maximum atomic E-state index is 13.6. The SMILES string of the molecule is Cc1nc(N)ccc1CNC(=O)C1COCCN1C(=O)[C@H]1C[C@H](Cc2ccccc2)CN1C(=O)O. The molecule has 0 bridgehead atoms. The molecule has 1 aromatic heterocycles. The molecule has 2 aliphatic heterocycles. The Bertz CT molecular complexity index is 1080. The number of amides is 3. The van der Waals surface area contributed by atoms with Gasteiger partial charge < -0.3 is 25.8 Å². The number of carbonyl (C=O) groups is 3. The van der Waals surface area contributed by atoms with E-state index in [1.54, 1.807) is 12.1 Å². The summed E-state index contributed by atoms with van der Waals surface area (Å²) in [6, 6.07) is 11.6. The van der Waals surface area contributed by atoms with E-state index in [-0.39, 0.29) is 44.0 Å². The number of aromatic nitrogens is 1. The molecular formula is C25H31N5O5. The van der Waals surface area contributed by atoms with Gasteiger partial charge in [0, 0.05) is 25.3 Å². The summed E-state index contributed by atoms with van der Waals surface area (Å²) < 4.78 is 5.50. The van der Waals surface area contributed by atoms with E-state index in [1.807, 2.05) is 37.3 Å². The predicted molar refractivity (Wildman–Crippen MR) is 128 cm³/mol. The summed E-state index contributed by atoms with van der Waals surface area (Å²) in [7, 11) is 0. The lowest BCUT2D eigenvalue weighted by atomic mass is 9.96. The zero-order valence-electron chi connectivity index (χ0n) is 19.7. The van der Waals surface area contributed by atoms with Crippen LogP contribution in [0, 0.1) is 12.8 Å². The molecule has 35 heavy (non-hydrogen) atoms. The van der Waals surface area contributed by atoms with Gasteiger partial charge in [-0.05, 0) is 42.9 Å². The van der Waals surface area contributed by atoms with Gasteiger partial charge in [-0.2, -0.15) is 0 Å². The Kier molecular flexibility index (Phi) is 7.50. The molecule has 1 unspecified atom stereocenters. The molecule has 2 saturated heterocycles. The molecule has 0 saturated carbocycles. The Hall–Kier alpha value is -3.66. The average molecular weight is 482 g/mol. The Morgan fingerprint density at radius 3 is 2.63 bits per heavy atom. The Balaban J connectivity index is 1.44. The molecule has 2 fully saturated rings. The molecule has 3 heterocycles. The number of likely N-dealkylation sites (tertiary alicyclic amines) is 1. The minimum atomic E-state index is -1.13. The number of carbonyl (C=O) groups excluding carboxylic acids is 2. The van der Waals surface area contributed by atoms with Gasteiger partial charge in [-0.3, -0.25) is 14.5 Å². The van der Waals surface area contributed by atoms with Crippen molar-refractivity contribution in [3.8, 4) is 0 Å². The van der Waals surface area contributed by atoms with E-state index in [2.05, 4.69) is 10.3 Å². The number of nitrogen functional groups attached to an aromatic ring is 1. The van der Waals surface area contributed by atoms with Crippen LogP contribution >= 0.6 is 0 Å². The molecule has 10 heteroatoms. The number of nitrogens with zero attached hydrogens (tertiary/aromatic N) is 3. The summed E-state index contributed by atoms with van der Waals surface area (Å²) in [5, 5.41) is 12.6. The maximum Gasteiger partial charge on any atom is 0.407 e. The quantitative estimate of drug-likeness (QED) is 0.567. The number of hydrogen-bond acceptors (Lipinski definition) is 6. The first kappa shape index (κ1) is 24.5. The van der Waals surface area contributed by atoms with Gasteiger partial charge in [0.15, 0.2) is 0 Å². The van der Waals surface area contributed by atoms with Crippen molar-refractivity contribution in [3.05, 3.63) is 59.3 Å². The van der Waals surface area contributed by atoms with Crippen LogP contribution in [0.15, 0.2) is 42.5 Å². The molecular weight excluding hydrogens is 450 g/mol. The number of nitrogens with one attached hydrogen (secondary N) is 1. The number of hydrogen-bond donors (Lipinski definition) is 3. The third-order valence-electron chi connectivity index (χ3n) is 6.67. The van der Waals surface area contributed by atoms with Crippen LogP contribution in [0.4, 0.5) is 10.6 Å². The molecule has 0 radical (unpaired) electrons.